The summed E-state index contributed by atoms with van der Waals surface area (Å²) in [7, 11) is 0. The van der Waals surface area contributed by atoms with Gasteiger partial charge in [0.2, 0.25) is 0 Å². The lowest BCUT2D eigenvalue weighted by Gasteiger charge is -2.35. The third-order valence-corrected chi connectivity index (χ3v) is 6.57. The highest BCUT2D eigenvalue weighted by molar-refractivity contribution is 6.10. The van der Waals surface area contributed by atoms with E-state index in [0.29, 0.717) is 24.8 Å². The number of rotatable bonds is 5. The van der Waals surface area contributed by atoms with Crippen LogP contribution in [0, 0.1) is 0 Å². The van der Waals surface area contributed by atoms with E-state index in [2.05, 4.69) is 0 Å². The van der Waals surface area contributed by atoms with Crippen LogP contribution < -0.4 is 10.2 Å². The quantitative estimate of drug-likeness (QED) is 0.399. The zero-order valence-corrected chi connectivity index (χ0v) is 19.2. The second kappa shape index (κ2) is 8.35. The van der Waals surface area contributed by atoms with E-state index in [0.717, 1.165) is 10.8 Å². The van der Waals surface area contributed by atoms with Crippen LogP contribution in [-0.2, 0) is 15.0 Å². The molecule has 0 saturated heterocycles. The Balaban J connectivity index is 2.12. The molecule has 1 aliphatic rings. The molecule has 0 fully saturated rings. The number of hydrogen-bond acceptors (Lipinski definition) is 6. The number of aliphatic hydroxyl groups is 1. The first-order valence-corrected chi connectivity index (χ1v) is 11.1. The van der Waals surface area contributed by atoms with Gasteiger partial charge in [0, 0.05) is 18.6 Å². The molecular weight excluding hydrogens is 420 g/mol. The first kappa shape index (κ1) is 22.5. The molecule has 1 N–H and O–H groups in total. The molecule has 3 aromatic rings. The average molecular weight is 446 g/mol. The van der Waals surface area contributed by atoms with Crippen LogP contribution >= 0.6 is 0 Å². The van der Waals surface area contributed by atoms with Gasteiger partial charge >= 0.3 is 5.97 Å². The summed E-state index contributed by atoms with van der Waals surface area (Å²) in [5.74, 6) is -0.451. The predicted molar refractivity (Wildman–Crippen MR) is 126 cm³/mol. The molecular formula is C27H26O6. The highest BCUT2D eigenvalue weighted by Crippen LogP contribution is 2.46. The van der Waals surface area contributed by atoms with Crippen LogP contribution in [0.1, 0.15) is 58.3 Å². The van der Waals surface area contributed by atoms with Crippen molar-refractivity contribution in [3.8, 4) is 17.1 Å². The second-order valence-corrected chi connectivity index (χ2v) is 8.23. The van der Waals surface area contributed by atoms with Gasteiger partial charge < -0.3 is 14.3 Å². The Morgan fingerprint density at radius 2 is 1.73 bits per heavy atom. The number of hydrogen-bond donors (Lipinski definition) is 1. The van der Waals surface area contributed by atoms with Crippen LogP contribution in [0.5, 0.6) is 5.75 Å². The molecule has 0 unspecified atom stereocenters. The molecule has 0 atom stereocenters. The largest absolute Gasteiger partial charge is 0.507 e. The van der Waals surface area contributed by atoms with Gasteiger partial charge in [-0.1, -0.05) is 51.1 Å². The number of carbonyl (C=O) groups is 2. The highest BCUT2D eigenvalue weighted by atomic mass is 16.5. The minimum atomic E-state index is -1.06. The zero-order chi connectivity index (χ0) is 23.9. The highest BCUT2D eigenvalue weighted by Gasteiger charge is 2.48. The van der Waals surface area contributed by atoms with Gasteiger partial charge in [0.25, 0.3) is 0 Å². The van der Waals surface area contributed by atoms with Gasteiger partial charge in [-0.3, -0.25) is 14.4 Å². The predicted octanol–water partition coefficient (Wildman–Crippen LogP) is 5.70. The summed E-state index contributed by atoms with van der Waals surface area (Å²) >= 11 is 0. The number of ether oxygens (including phenoxy) is 1. The number of benzene rings is 2. The molecule has 6 heteroatoms. The number of aliphatic hydroxyl groups excluding tert-OH is 1. The Hall–Kier alpha value is -3.67. The fourth-order valence-electron chi connectivity index (χ4n) is 4.79. The third kappa shape index (κ3) is 3.37. The monoisotopic (exact) mass is 446 g/mol. The normalized spacial score (nSPS) is 15.0. The standard InChI is InChI=1S/C27H26O6/c1-5-17-24(30)23-19(29)14-21(33-26(23)27(6-2,7-3)25(17)31)22-18-11-9-8-10-16(18)12-13-20(22)32-15(4)28/h8-14,30H,5-7H2,1-4H3. The molecule has 170 valence electrons. The number of ketones is 1. The van der Waals surface area contributed by atoms with Crippen molar-refractivity contribution in [2.24, 2.45) is 0 Å². The lowest BCUT2D eigenvalue weighted by atomic mass is 9.68. The van der Waals surface area contributed by atoms with Crippen molar-refractivity contribution >= 4 is 28.3 Å². The number of allylic oxidation sites excluding steroid dienone is 1. The van der Waals surface area contributed by atoms with Gasteiger partial charge in [0.15, 0.2) is 11.2 Å². The molecule has 6 nitrogen and oxygen atoms in total. The summed E-state index contributed by atoms with van der Waals surface area (Å²) in [6.07, 6.45) is 1.13. The van der Waals surface area contributed by atoms with Gasteiger partial charge in [0.1, 0.15) is 28.6 Å². The first-order chi connectivity index (χ1) is 15.8. The third-order valence-electron chi connectivity index (χ3n) is 6.57. The fourth-order valence-corrected chi connectivity index (χ4v) is 4.79. The minimum absolute atomic E-state index is 0.0353. The summed E-state index contributed by atoms with van der Waals surface area (Å²) in [6, 6.07) is 12.2. The summed E-state index contributed by atoms with van der Waals surface area (Å²) in [6.45, 7) is 6.82. The van der Waals surface area contributed by atoms with Crippen molar-refractivity contribution in [1.82, 2.24) is 0 Å². The van der Waals surface area contributed by atoms with Crippen LogP contribution in [0.15, 0.2) is 57.2 Å². The van der Waals surface area contributed by atoms with Gasteiger partial charge in [-0.05, 0) is 36.1 Å². The zero-order valence-electron chi connectivity index (χ0n) is 19.2. The van der Waals surface area contributed by atoms with E-state index in [1.165, 1.54) is 13.0 Å². The van der Waals surface area contributed by atoms with Gasteiger partial charge in [-0.15, -0.1) is 0 Å². The number of Topliss-reactive ketones (excluding diaryl/α,β-unsaturated/α-hetero) is 1. The van der Waals surface area contributed by atoms with E-state index >= 15 is 0 Å². The first-order valence-electron chi connectivity index (χ1n) is 11.1. The van der Waals surface area contributed by atoms with Crippen LogP contribution in [0.25, 0.3) is 27.9 Å². The molecule has 4 rings (SSSR count). The maximum Gasteiger partial charge on any atom is 0.308 e. The van der Waals surface area contributed by atoms with Crippen molar-refractivity contribution < 1.29 is 23.8 Å². The summed E-state index contributed by atoms with van der Waals surface area (Å²) in [5.41, 5.74) is -0.782. The Morgan fingerprint density at radius 1 is 1.03 bits per heavy atom. The van der Waals surface area contributed by atoms with Crippen molar-refractivity contribution in [1.29, 1.82) is 0 Å². The van der Waals surface area contributed by atoms with E-state index in [4.69, 9.17) is 9.15 Å². The fraction of sp³-hybridized carbons (Fsp3) is 0.296. The molecule has 0 saturated carbocycles. The maximum atomic E-state index is 13.4. The maximum absolute atomic E-state index is 13.4. The van der Waals surface area contributed by atoms with Crippen molar-refractivity contribution in [2.75, 3.05) is 0 Å². The van der Waals surface area contributed by atoms with E-state index < -0.39 is 16.8 Å². The average Bonchev–Trinajstić information content (AvgIpc) is 2.79. The van der Waals surface area contributed by atoms with E-state index in [-0.39, 0.29) is 39.9 Å². The summed E-state index contributed by atoms with van der Waals surface area (Å²) in [5, 5.41) is 12.4. The smallest absolute Gasteiger partial charge is 0.308 e. The molecule has 33 heavy (non-hydrogen) atoms. The van der Waals surface area contributed by atoms with Gasteiger partial charge in [-0.25, -0.2) is 0 Å². The lowest BCUT2D eigenvalue weighted by Crippen LogP contribution is -2.41. The molecule has 0 amide bonds. The molecule has 1 heterocycles. The number of fused-ring (bicyclic) bond motifs is 2. The van der Waals surface area contributed by atoms with E-state index in [1.807, 2.05) is 44.2 Å². The van der Waals surface area contributed by atoms with Crippen molar-refractivity contribution in [3.63, 3.8) is 0 Å². The summed E-state index contributed by atoms with van der Waals surface area (Å²) < 4.78 is 11.8. The van der Waals surface area contributed by atoms with Crippen LogP contribution in [-0.4, -0.2) is 16.9 Å². The van der Waals surface area contributed by atoms with Crippen LogP contribution in [0.3, 0.4) is 0 Å². The van der Waals surface area contributed by atoms with Gasteiger partial charge in [-0.2, -0.15) is 0 Å². The minimum Gasteiger partial charge on any atom is -0.507 e. The van der Waals surface area contributed by atoms with Crippen molar-refractivity contribution in [3.05, 3.63) is 69.6 Å². The Morgan fingerprint density at radius 3 is 2.36 bits per heavy atom. The number of esters is 1. The van der Waals surface area contributed by atoms with E-state index in [9.17, 15) is 19.5 Å². The van der Waals surface area contributed by atoms with Crippen molar-refractivity contribution in [2.45, 2.75) is 52.4 Å². The second-order valence-electron chi connectivity index (χ2n) is 8.23. The Bertz CT molecular complexity index is 1370. The Labute approximate surface area is 191 Å². The SMILES string of the molecule is CCC1=C(O)c2c(oc(-c3c(OC(C)=O)ccc4ccccc34)cc2=O)C(CC)(CC)C1=O. The lowest BCUT2D eigenvalue weighted by molar-refractivity contribution is -0.131. The van der Waals surface area contributed by atoms with Gasteiger partial charge in [0.05, 0.1) is 11.0 Å². The molecule has 1 aliphatic carbocycles. The molecule has 0 aliphatic heterocycles. The number of carbonyl (C=O) groups excluding carboxylic acids is 2. The molecule has 1 aromatic heterocycles. The summed E-state index contributed by atoms with van der Waals surface area (Å²) in [4.78, 5) is 38.6. The molecule has 0 bridgehead atoms. The topological polar surface area (TPSA) is 93.8 Å². The van der Waals surface area contributed by atoms with Crippen LogP contribution in [0.2, 0.25) is 0 Å². The molecule has 0 spiro atoms. The molecule has 0 radical (unpaired) electrons. The van der Waals surface area contributed by atoms with E-state index in [1.54, 1.807) is 13.0 Å². The van der Waals surface area contributed by atoms with Crippen LogP contribution in [0.4, 0.5) is 0 Å². The molecule has 2 aromatic carbocycles. The Kier molecular flexibility index (Phi) is 5.70.